The second-order valence-corrected chi connectivity index (χ2v) is 5.84. The summed E-state index contributed by atoms with van der Waals surface area (Å²) >= 11 is 3.39. The van der Waals surface area contributed by atoms with E-state index in [0.29, 0.717) is 0 Å². The van der Waals surface area contributed by atoms with E-state index in [1.54, 1.807) is 36.9 Å². The highest BCUT2D eigenvalue weighted by molar-refractivity contribution is 7.08. The van der Waals surface area contributed by atoms with Crippen molar-refractivity contribution in [3.63, 3.8) is 0 Å². The predicted octanol–water partition coefficient (Wildman–Crippen LogP) is 5.16. The Morgan fingerprint density at radius 2 is 1.20 bits per heavy atom. The number of thiophene rings is 2. The molecule has 3 rings (SSSR count). The fourth-order valence-corrected chi connectivity index (χ4v) is 3.50. The molecule has 20 heavy (non-hydrogen) atoms. The van der Waals surface area contributed by atoms with Crippen molar-refractivity contribution in [2.45, 2.75) is 0 Å². The summed E-state index contributed by atoms with van der Waals surface area (Å²) in [5.74, 6) is 1.51. The first kappa shape index (κ1) is 13.2. The minimum atomic E-state index is 0.757. The van der Waals surface area contributed by atoms with E-state index in [4.69, 9.17) is 9.47 Å². The van der Waals surface area contributed by atoms with Crippen LogP contribution in [0.1, 0.15) is 0 Å². The lowest BCUT2D eigenvalue weighted by Crippen LogP contribution is -1.93. The first-order valence-corrected chi connectivity index (χ1v) is 8.03. The van der Waals surface area contributed by atoms with Crippen LogP contribution in [0, 0.1) is 0 Å². The van der Waals surface area contributed by atoms with Crippen LogP contribution in [0.4, 0.5) is 0 Å². The van der Waals surface area contributed by atoms with Crippen LogP contribution in [0.2, 0.25) is 0 Å². The van der Waals surface area contributed by atoms with E-state index in [1.165, 1.54) is 22.3 Å². The Morgan fingerprint density at radius 3 is 1.50 bits per heavy atom. The van der Waals surface area contributed by atoms with Crippen LogP contribution in [-0.4, -0.2) is 14.2 Å². The maximum Gasteiger partial charge on any atom is 0.161 e. The van der Waals surface area contributed by atoms with Gasteiger partial charge in [0.2, 0.25) is 0 Å². The zero-order chi connectivity index (χ0) is 13.9. The second-order valence-electron chi connectivity index (χ2n) is 4.28. The van der Waals surface area contributed by atoms with Crippen molar-refractivity contribution in [2.24, 2.45) is 0 Å². The Bertz CT molecular complexity index is 624. The van der Waals surface area contributed by atoms with Crippen molar-refractivity contribution in [3.8, 4) is 33.8 Å². The Labute approximate surface area is 126 Å². The van der Waals surface area contributed by atoms with E-state index < -0.39 is 0 Å². The van der Waals surface area contributed by atoms with E-state index in [2.05, 4.69) is 33.7 Å². The van der Waals surface area contributed by atoms with E-state index in [-0.39, 0.29) is 0 Å². The largest absolute Gasteiger partial charge is 0.493 e. The maximum absolute atomic E-state index is 5.43. The topological polar surface area (TPSA) is 18.5 Å². The lowest BCUT2D eigenvalue weighted by atomic mass is 9.97. The molecule has 2 nitrogen and oxygen atoms in total. The molecule has 2 aromatic heterocycles. The molecule has 4 heteroatoms. The third kappa shape index (κ3) is 2.32. The van der Waals surface area contributed by atoms with Crippen molar-refractivity contribution >= 4 is 22.7 Å². The van der Waals surface area contributed by atoms with Gasteiger partial charge in [-0.2, -0.15) is 22.7 Å². The van der Waals surface area contributed by atoms with Crippen molar-refractivity contribution in [1.29, 1.82) is 0 Å². The Hall–Kier alpha value is -1.78. The van der Waals surface area contributed by atoms with Gasteiger partial charge in [-0.3, -0.25) is 0 Å². The molecule has 2 heterocycles. The van der Waals surface area contributed by atoms with Gasteiger partial charge in [-0.25, -0.2) is 0 Å². The van der Waals surface area contributed by atoms with Crippen LogP contribution < -0.4 is 9.47 Å². The SMILES string of the molecule is COc1cc(-c2ccsc2)c(-c2ccsc2)cc1OC. The normalized spacial score (nSPS) is 10.5. The number of hydrogen-bond donors (Lipinski definition) is 0. The fourth-order valence-electron chi connectivity index (χ4n) is 2.19. The van der Waals surface area contributed by atoms with E-state index in [9.17, 15) is 0 Å². The lowest BCUT2D eigenvalue weighted by Gasteiger charge is -2.14. The van der Waals surface area contributed by atoms with Gasteiger partial charge in [0.15, 0.2) is 11.5 Å². The van der Waals surface area contributed by atoms with Crippen molar-refractivity contribution in [3.05, 3.63) is 45.8 Å². The van der Waals surface area contributed by atoms with E-state index in [0.717, 1.165) is 11.5 Å². The van der Waals surface area contributed by atoms with Gasteiger partial charge < -0.3 is 9.47 Å². The number of benzene rings is 1. The van der Waals surface area contributed by atoms with Crippen molar-refractivity contribution in [2.75, 3.05) is 14.2 Å². The summed E-state index contributed by atoms with van der Waals surface area (Å²) in [6.07, 6.45) is 0. The summed E-state index contributed by atoms with van der Waals surface area (Å²) < 4.78 is 10.9. The van der Waals surface area contributed by atoms with Gasteiger partial charge in [0.1, 0.15) is 0 Å². The van der Waals surface area contributed by atoms with Gasteiger partial charge >= 0.3 is 0 Å². The Morgan fingerprint density at radius 1 is 0.750 bits per heavy atom. The standard InChI is InChI=1S/C16H14O2S2/c1-17-15-7-13(11-3-5-19-9-11)14(8-16(15)18-2)12-4-6-20-10-12/h3-10H,1-2H3. The first-order valence-electron chi connectivity index (χ1n) is 6.14. The van der Waals surface area contributed by atoms with Crippen molar-refractivity contribution in [1.82, 2.24) is 0 Å². The minimum Gasteiger partial charge on any atom is -0.493 e. The zero-order valence-electron chi connectivity index (χ0n) is 11.3. The molecule has 0 N–H and O–H groups in total. The molecule has 0 aliphatic carbocycles. The number of hydrogen-bond acceptors (Lipinski definition) is 4. The summed E-state index contributed by atoms with van der Waals surface area (Å²) in [5.41, 5.74) is 4.75. The van der Waals surface area contributed by atoms with Gasteiger partial charge in [0.25, 0.3) is 0 Å². The monoisotopic (exact) mass is 302 g/mol. The van der Waals surface area contributed by atoms with Crippen LogP contribution in [0.5, 0.6) is 11.5 Å². The molecule has 1 aromatic carbocycles. The molecule has 0 fully saturated rings. The number of ether oxygens (including phenoxy) is 2. The summed E-state index contributed by atoms with van der Waals surface area (Å²) in [4.78, 5) is 0. The maximum atomic E-state index is 5.43. The molecule has 3 aromatic rings. The van der Waals surface area contributed by atoms with Gasteiger partial charge in [-0.15, -0.1) is 0 Å². The highest BCUT2D eigenvalue weighted by Gasteiger charge is 2.14. The molecular weight excluding hydrogens is 288 g/mol. The highest BCUT2D eigenvalue weighted by Crippen LogP contribution is 2.41. The average molecular weight is 302 g/mol. The molecule has 0 spiro atoms. The van der Waals surface area contributed by atoms with E-state index in [1.807, 2.05) is 12.1 Å². The fraction of sp³-hybridized carbons (Fsp3) is 0.125. The number of rotatable bonds is 4. The molecule has 0 aliphatic heterocycles. The summed E-state index contributed by atoms with van der Waals surface area (Å²) in [6.45, 7) is 0. The van der Waals surface area contributed by atoms with E-state index >= 15 is 0 Å². The smallest absolute Gasteiger partial charge is 0.161 e. The third-order valence-corrected chi connectivity index (χ3v) is 4.55. The molecule has 0 saturated carbocycles. The molecular formula is C16H14O2S2. The van der Waals surface area contributed by atoms with Gasteiger partial charge in [0.05, 0.1) is 14.2 Å². The molecule has 0 bridgehead atoms. The third-order valence-electron chi connectivity index (χ3n) is 3.19. The van der Waals surface area contributed by atoms with Crippen LogP contribution >= 0.6 is 22.7 Å². The molecule has 0 unspecified atom stereocenters. The van der Waals surface area contributed by atoms with Crippen molar-refractivity contribution < 1.29 is 9.47 Å². The molecule has 0 amide bonds. The Balaban J connectivity index is 2.25. The summed E-state index contributed by atoms with van der Waals surface area (Å²) in [5, 5.41) is 8.47. The summed E-state index contributed by atoms with van der Waals surface area (Å²) in [6, 6.07) is 8.35. The first-order chi connectivity index (χ1) is 9.83. The quantitative estimate of drug-likeness (QED) is 0.662. The van der Waals surface area contributed by atoms with Gasteiger partial charge in [0, 0.05) is 0 Å². The second kappa shape index (κ2) is 5.69. The molecule has 102 valence electrons. The predicted molar refractivity (Wildman–Crippen MR) is 86.2 cm³/mol. The molecule has 0 aliphatic rings. The van der Waals surface area contributed by atoms with Gasteiger partial charge in [-0.05, 0) is 68.0 Å². The molecule has 0 radical (unpaired) electrons. The highest BCUT2D eigenvalue weighted by atomic mass is 32.1. The minimum absolute atomic E-state index is 0.757. The average Bonchev–Trinajstić information content (AvgIpc) is 3.18. The Kier molecular flexibility index (Phi) is 3.76. The van der Waals surface area contributed by atoms with Gasteiger partial charge in [-0.1, -0.05) is 0 Å². The van der Waals surface area contributed by atoms with Crippen LogP contribution in [0.25, 0.3) is 22.3 Å². The molecule has 0 saturated heterocycles. The summed E-state index contributed by atoms with van der Waals surface area (Å²) in [7, 11) is 3.33. The van der Waals surface area contributed by atoms with Crippen LogP contribution in [-0.2, 0) is 0 Å². The zero-order valence-corrected chi connectivity index (χ0v) is 12.9. The number of methoxy groups -OCH3 is 2. The lowest BCUT2D eigenvalue weighted by molar-refractivity contribution is 0.355. The van der Waals surface area contributed by atoms with Crippen LogP contribution in [0.3, 0.4) is 0 Å². The van der Waals surface area contributed by atoms with Crippen LogP contribution in [0.15, 0.2) is 45.8 Å². The molecule has 0 atom stereocenters.